The molecule has 4 saturated carbocycles. The van der Waals surface area contributed by atoms with Gasteiger partial charge in [0, 0.05) is 16.4 Å². The predicted molar refractivity (Wildman–Crippen MR) is 114 cm³/mol. The fourth-order valence-corrected chi connectivity index (χ4v) is 7.04. The Morgan fingerprint density at radius 2 is 1.90 bits per heavy atom. The minimum absolute atomic E-state index is 0.0600. The number of hydrogen-bond donors (Lipinski definition) is 2. The molecule has 0 atom stereocenters. The molecule has 3 aromatic rings. The van der Waals surface area contributed by atoms with Crippen LogP contribution in [0.25, 0.3) is 22.1 Å². The van der Waals surface area contributed by atoms with Gasteiger partial charge in [0.25, 0.3) is 0 Å². The first-order valence-electron chi connectivity index (χ1n) is 10.6. The molecule has 4 aliphatic carbocycles. The Hall–Kier alpha value is -2.15. The van der Waals surface area contributed by atoms with E-state index in [0.29, 0.717) is 10.9 Å². The van der Waals surface area contributed by atoms with Crippen LogP contribution >= 0.6 is 11.8 Å². The fourth-order valence-electron chi connectivity index (χ4n) is 6.46. The summed E-state index contributed by atoms with van der Waals surface area (Å²) >= 11 is 1.37. The monoisotopic (exact) mass is 407 g/mol. The summed E-state index contributed by atoms with van der Waals surface area (Å²) in [5.74, 6) is 2.93. The molecule has 4 aliphatic rings. The Bertz CT molecular complexity index is 1090. The molecule has 4 bridgehead atoms. The maximum absolute atomic E-state index is 12.7. The second kappa shape index (κ2) is 6.42. The van der Waals surface area contributed by atoms with Crippen molar-refractivity contribution in [1.29, 1.82) is 0 Å². The van der Waals surface area contributed by atoms with Crippen molar-refractivity contribution in [1.82, 2.24) is 25.5 Å². The number of nitrogens with one attached hydrogen (secondary N) is 2. The number of carbonyl (C=O) groups excluding carboxylic acids is 1. The highest BCUT2D eigenvalue weighted by Gasteiger charge is 2.51. The van der Waals surface area contributed by atoms with Gasteiger partial charge < -0.3 is 10.3 Å². The average Bonchev–Trinajstić information content (AvgIpc) is 3.02. The molecule has 0 saturated heterocycles. The van der Waals surface area contributed by atoms with E-state index in [0.717, 1.165) is 39.8 Å². The van der Waals surface area contributed by atoms with Crippen LogP contribution in [0.5, 0.6) is 0 Å². The molecule has 2 aromatic heterocycles. The quantitative estimate of drug-likeness (QED) is 0.639. The molecule has 29 heavy (non-hydrogen) atoms. The Kier molecular flexibility index (Phi) is 3.92. The maximum Gasteiger partial charge on any atom is 0.230 e. The van der Waals surface area contributed by atoms with Gasteiger partial charge in [-0.3, -0.25) is 4.79 Å². The Morgan fingerprint density at radius 1 is 1.17 bits per heavy atom. The van der Waals surface area contributed by atoms with Gasteiger partial charge in [0.1, 0.15) is 5.52 Å². The molecule has 7 heteroatoms. The van der Waals surface area contributed by atoms with Gasteiger partial charge >= 0.3 is 0 Å². The van der Waals surface area contributed by atoms with Crippen molar-refractivity contribution in [3.05, 3.63) is 23.8 Å². The molecule has 0 spiro atoms. The zero-order chi connectivity index (χ0) is 19.6. The number of carbonyl (C=O) groups is 1. The van der Waals surface area contributed by atoms with Gasteiger partial charge in [0.2, 0.25) is 11.1 Å². The van der Waals surface area contributed by atoms with Gasteiger partial charge in [-0.15, -0.1) is 10.2 Å². The van der Waals surface area contributed by atoms with Crippen LogP contribution in [0.4, 0.5) is 0 Å². The number of thioether (sulfide) groups is 1. The highest BCUT2D eigenvalue weighted by Crippen LogP contribution is 2.55. The first-order chi connectivity index (χ1) is 14.1. The number of benzene rings is 1. The van der Waals surface area contributed by atoms with Crippen molar-refractivity contribution in [3.63, 3.8) is 0 Å². The summed E-state index contributed by atoms with van der Waals surface area (Å²) in [6.07, 6.45) is 7.67. The summed E-state index contributed by atoms with van der Waals surface area (Å²) in [5.41, 5.74) is 3.76. The highest BCUT2D eigenvalue weighted by molar-refractivity contribution is 7.99. The molecule has 2 N–H and O–H groups in total. The number of hydrogen-bond acceptors (Lipinski definition) is 5. The third-order valence-electron chi connectivity index (χ3n) is 7.13. The second-order valence-corrected chi connectivity index (χ2v) is 10.4. The van der Waals surface area contributed by atoms with Crippen molar-refractivity contribution in [3.8, 4) is 0 Å². The SMILES string of the molecule is Cc1ccc2[nH]c3nc(SCC(=O)NC45CC6CC(CC(C6)C4)C5)nnc3c2c1. The van der Waals surface area contributed by atoms with Gasteiger partial charge in [-0.2, -0.15) is 0 Å². The molecule has 6 nitrogen and oxygen atoms in total. The van der Waals surface area contributed by atoms with Crippen LogP contribution in [-0.4, -0.2) is 37.4 Å². The Balaban J connectivity index is 1.15. The van der Waals surface area contributed by atoms with Gasteiger partial charge in [-0.1, -0.05) is 23.4 Å². The van der Waals surface area contributed by atoms with Crippen molar-refractivity contribution in [2.45, 2.75) is 56.1 Å². The summed E-state index contributed by atoms with van der Waals surface area (Å²) in [4.78, 5) is 20.6. The van der Waals surface area contributed by atoms with Crippen molar-refractivity contribution in [2.75, 3.05) is 5.75 Å². The number of amides is 1. The zero-order valence-electron chi connectivity index (χ0n) is 16.6. The standard InChI is InChI=1S/C22H25N5OS/c1-12-2-3-17-16(4-12)19-20(23-17)24-21(27-26-19)29-11-18(28)25-22-8-13-5-14(9-22)7-15(6-13)10-22/h2-4,13-15H,5-11H2,1H3,(H,25,28)(H,23,24,27). The number of rotatable bonds is 4. The summed E-state index contributed by atoms with van der Waals surface area (Å²) in [5, 5.41) is 13.6. The van der Waals surface area contributed by atoms with E-state index in [-0.39, 0.29) is 11.4 Å². The van der Waals surface area contributed by atoms with E-state index in [2.05, 4.69) is 44.5 Å². The van der Waals surface area contributed by atoms with Crippen LogP contribution in [-0.2, 0) is 4.79 Å². The Labute approximate surface area is 173 Å². The lowest BCUT2D eigenvalue weighted by molar-refractivity contribution is -0.124. The van der Waals surface area contributed by atoms with Crippen LogP contribution in [0.15, 0.2) is 23.4 Å². The molecule has 1 amide bonds. The number of fused-ring (bicyclic) bond motifs is 3. The van der Waals surface area contributed by atoms with E-state index in [1.54, 1.807) is 0 Å². The van der Waals surface area contributed by atoms with E-state index in [1.807, 2.05) is 6.07 Å². The number of aromatic nitrogens is 4. The first-order valence-corrected chi connectivity index (χ1v) is 11.6. The third-order valence-corrected chi connectivity index (χ3v) is 7.96. The van der Waals surface area contributed by atoms with E-state index in [1.165, 1.54) is 55.9 Å². The molecular weight excluding hydrogens is 382 g/mol. The Morgan fingerprint density at radius 3 is 2.62 bits per heavy atom. The third kappa shape index (κ3) is 3.10. The number of H-pyrrole nitrogens is 1. The second-order valence-electron chi connectivity index (χ2n) is 9.50. The smallest absolute Gasteiger partial charge is 0.230 e. The van der Waals surface area contributed by atoms with E-state index >= 15 is 0 Å². The number of aromatic amines is 1. The molecule has 0 radical (unpaired) electrons. The van der Waals surface area contributed by atoms with Gasteiger partial charge in [0.05, 0.1) is 5.75 Å². The molecule has 0 aliphatic heterocycles. The molecule has 7 rings (SSSR count). The highest BCUT2D eigenvalue weighted by atomic mass is 32.2. The summed E-state index contributed by atoms with van der Waals surface area (Å²) in [6, 6.07) is 6.20. The molecule has 2 heterocycles. The summed E-state index contributed by atoms with van der Waals surface area (Å²) in [6.45, 7) is 2.06. The van der Waals surface area contributed by atoms with Crippen LogP contribution in [0.2, 0.25) is 0 Å². The van der Waals surface area contributed by atoms with Crippen LogP contribution in [0, 0.1) is 24.7 Å². The average molecular weight is 408 g/mol. The number of aryl methyl sites for hydroxylation is 1. The lowest BCUT2D eigenvalue weighted by Crippen LogP contribution is -2.60. The lowest BCUT2D eigenvalue weighted by Gasteiger charge is -2.56. The minimum atomic E-state index is 0.0600. The van der Waals surface area contributed by atoms with Crippen molar-refractivity contribution < 1.29 is 4.79 Å². The molecule has 0 unspecified atom stereocenters. The summed E-state index contributed by atoms with van der Waals surface area (Å²) in [7, 11) is 0. The van der Waals surface area contributed by atoms with Gasteiger partial charge in [-0.05, 0) is 75.3 Å². The van der Waals surface area contributed by atoms with Crippen molar-refractivity contribution >= 4 is 39.7 Å². The maximum atomic E-state index is 12.7. The minimum Gasteiger partial charge on any atom is -0.350 e. The van der Waals surface area contributed by atoms with Gasteiger partial charge in [-0.25, -0.2) is 4.98 Å². The van der Waals surface area contributed by atoms with Crippen LogP contribution in [0.1, 0.15) is 44.1 Å². The lowest BCUT2D eigenvalue weighted by atomic mass is 9.53. The van der Waals surface area contributed by atoms with Crippen LogP contribution < -0.4 is 5.32 Å². The molecule has 1 aromatic carbocycles. The topological polar surface area (TPSA) is 83.6 Å². The van der Waals surface area contributed by atoms with E-state index < -0.39 is 0 Å². The summed E-state index contributed by atoms with van der Waals surface area (Å²) < 4.78 is 0. The van der Waals surface area contributed by atoms with Crippen LogP contribution in [0.3, 0.4) is 0 Å². The first kappa shape index (κ1) is 17.7. The molecule has 150 valence electrons. The van der Waals surface area contributed by atoms with Gasteiger partial charge in [0.15, 0.2) is 5.65 Å². The normalized spacial score (nSPS) is 30.3. The zero-order valence-corrected chi connectivity index (χ0v) is 17.4. The van der Waals surface area contributed by atoms with E-state index in [4.69, 9.17) is 0 Å². The molecular formula is C22H25N5OS. The van der Waals surface area contributed by atoms with E-state index in [9.17, 15) is 4.79 Å². The largest absolute Gasteiger partial charge is 0.350 e. The molecule has 4 fully saturated rings. The predicted octanol–water partition coefficient (Wildman–Crippen LogP) is 3.99. The number of nitrogens with zero attached hydrogens (tertiary/aromatic N) is 3. The fraction of sp³-hybridized carbons (Fsp3) is 0.545. The van der Waals surface area contributed by atoms with Crippen molar-refractivity contribution in [2.24, 2.45) is 17.8 Å².